The lowest BCUT2D eigenvalue weighted by Crippen LogP contribution is -2.23. The van der Waals surface area contributed by atoms with Crippen LogP contribution in [0, 0.1) is 0 Å². The van der Waals surface area contributed by atoms with Gasteiger partial charge in [-0.25, -0.2) is 0 Å². The highest BCUT2D eigenvalue weighted by Crippen LogP contribution is 1.71. The molecule has 0 bridgehead atoms. The molecule has 0 amide bonds. The quantitative estimate of drug-likeness (QED) is 0.388. The van der Waals surface area contributed by atoms with Gasteiger partial charge in [-0.2, -0.15) is 12.6 Å². The molecule has 4 N–H and O–H groups in total. The number of rotatable bonds is 2. The first-order chi connectivity index (χ1) is 3.27. The number of guanidine groups is 1. The summed E-state index contributed by atoms with van der Waals surface area (Å²) in [5, 5.41) is 0. The molecule has 0 radical (unpaired) electrons. The van der Waals surface area contributed by atoms with E-state index in [2.05, 4.69) is 17.6 Å². The third kappa shape index (κ3) is 17.7. The molecule has 0 aromatic carbocycles. The van der Waals surface area contributed by atoms with Crippen LogP contribution in [0.5, 0.6) is 0 Å². The SMILES string of the molecule is Br.Br.NC(N)=NCCS. The Morgan fingerprint density at radius 3 is 1.89 bits per heavy atom. The standard InChI is InChI=1S/C3H9N3S.2BrH/c4-3(5)6-1-2-7;;/h7H,1-2H2,(H4,4,5,6);2*1H. The second-order valence-electron chi connectivity index (χ2n) is 1.03. The summed E-state index contributed by atoms with van der Waals surface area (Å²) < 4.78 is 0. The van der Waals surface area contributed by atoms with Gasteiger partial charge in [0.1, 0.15) is 0 Å². The predicted octanol–water partition coefficient (Wildman–Crippen LogP) is 0.345. The molecule has 0 saturated heterocycles. The van der Waals surface area contributed by atoms with Crippen molar-refractivity contribution in [1.29, 1.82) is 0 Å². The largest absolute Gasteiger partial charge is 0.370 e. The van der Waals surface area contributed by atoms with Crippen LogP contribution in [0.1, 0.15) is 0 Å². The Hall–Kier alpha value is 0.580. The van der Waals surface area contributed by atoms with Crippen LogP contribution < -0.4 is 11.5 Å². The molecule has 0 unspecified atom stereocenters. The summed E-state index contributed by atoms with van der Waals surface area (Å²) in [6.07, 6.45) is 0. The van der Waals surface area contributed by atoms with Crippen molar-refractivity contribution in [1.82, 2.24) is 0 Å². The normalized spacial score (nSPS) is 6.33. The molecular weight excluding hydrogens is 270 g/mol. The number of thiol groups is 1. The van der Waals surface area contributed by atoms with E-state index in [0.717, 1.165) is 0 Å². The Morgan fingerprint density at radius 1 is 1.33 bits per heavy atom. The molecule has 9 heavy (non-hydrogen) atoms. The molecule has 0 atom stereocenters. The van der Waals surface area contributed by atoms with Gasteiger partial charge in [-0.05, 0) is 0 Å². The summed E-state index contributed by atoms with van der Waals surface area (Å²) in [5.41, 5.74) is 9.94. The van der Waals surface area contributed by atoms with Crippen LogP contribution in [0.2, 0.25) is 0 Å². The van der Waals surface area contributed by atoms with Crippen molar-refractivity contribution in [3.05, 3.63) is 0 Å². The molecule has 0 aliphatic rings. The number of nitrogens with two attached hydrogens (primary N) is 2. The molecule has 0 aliphatic carbocycles. The van der Waals surface area contributed by atoms with Gasteiger partial charge in [-0.3, -0.25) is 4.99 Å². The van der Waals surface area contributed by atoms with Crippen LogP contribution in [-0.2, 0) is 0 Å². The highest BCUT2D eigenvalue weighted by molar-refractivity contribution is 8.93. The first kappa shape index (κ1) is 16.3. The van der Waals surface area contributed by atoms with Gasteiger partial charge in [0.15, 0.2) is 5.96 Å². The summed E-state index contributed by atoms with van der Waals surface area (Å²) in [7, 11) is 0. The van der Waals surface area contributed by atoms with Crippen LogP contribution in [0.4, 0.5) is 0 Å². The van der Waals surface area contributed by atoms with Crippen LogP contribution in [0.25, 0.3) is 0 Å². The first-order valence-electron chi connectivity index (χ1n) is 1.93. The van der Waals surface area contributed by atoms with Crippen molar-refractivity contribution < 1.29 is 0 Å². The average molecular weight is 281 g/mol. The molecular formula is C3H11Br2N3S. The average Bonchev–Trinajstić information content (AvgIpc) is 1.61. The maximum Gasteiger partial charge on any atom is 0.185 e. The lowest BCUT2D eigenvalue weighted by molar-refractivity contribution is 1.13. The van der Waals surface area contributed by atoms with E-state index in [1.165, 1.54) is 0 Å². The Bertz CT molecular complexity index is 73.5. The number of halogens is 2. The zero-order valence-corrected chi connectivity index (χ0v) is 9.10. The van der Waals surface area contributed by atoms with E-state index in [9.17, 15) is 0 Å². The zero-order valence-electron chi connectivity index (χ0n) is 4.78. The van der Waals surface area contributed by atoms with Gasteiger partial charge < -0.3 is 11.5 Å². The topological polar surface area (TPSA) is 64.4 Å². The first-order valence-corrected chi connectivity index (χ1v) is 2.57. The van der Waals surface area contributed by atoms with E-state index in [0.29, 0.717) is 12.3 Å². The van der Waals surface area contributed by atoms with Crippen molar-refractivity contribution in [3.63, 3.8) is 0 Å². The van der Waals surface area contributed by atoms with Gasteiger partial charge in [-0.1, -0.05) is 0 Å². The molecule has 0 rings (SSSR count). The van der Waals surface area contributed by atoms with E-state index in [-0.39, 0.29) is 39.9 Å². The van der Waals surface area contributed by atoms with Crippen LogP contribution in [-0.4, -0.2) is 18.3 Å². The summed E-state index contributed by atoms with van der Waals surface area (Å²) >= 11 is 3.88. The molecule has 0 aromatic rings. The summed E-state index contributed by atoms with van der Waals surface area (Å²) in [5.74, 6) is 0.826. The number of hydrogen-bond donors (Lipinski definition) is 3. The molecule has 0 saturated carbocycles. The van der Waals surface area contributed by atoms with E-state index >= 15 is 0 Å². The van der Waals surface area contributed by atoms with Crippen LogP contribution >= 0.6 is 46.6 Å². The summed E-state index contributed by atoms with van der Waals surface area (Å²) in [4.78, 5) is 3.64. The van der Waals surface area contributed by atoms with Crippen molar-refractivity contribution in [2.24, 2.45) is 16.5 Å². The fourth-order valence-electron chi connectivity index (χ4n) is 0.179. The highest BCUT2D eigenvalue weighted by Gasteiger charge is 1.74. The van der Waals surface area contributed by atoms with E-state index in [1.54, 1.807) is 0 Å². The maximum atomic E-state index is 4.97. The second-order valence-corrected chi connectivity index (χ2v) is 1.48. The predicted molar refractivity (Wildman–Crippen MR) is 55.2 cm³/mol. The minimum absolute atomic E-state index is 0. The Morgan fingerprint density at radius 2 is 1.78 bits per heavy atom. The van der Waals surface area contributed by atoms with Gasteiger partial charge in [0.25, 0.3) is 0 Å². The number of aliphatic imine (C=N–C) groups is 1. The fraction of sp³-hybridized carbons (Fsp3) is 0.667. The van der Waals surface area contributed by atoms with Gasteiger partial charge in [0, 0.05) is 5.75 Å². The Labute approximate surface area is 81.2 Å². The monoisotopic (exact) mass is 279 g/mol. The fourth-order valence-corrected chi connectivity index (χ4v) is 0.279. The lowest BCUT2D eigenvalue weighted by Gasteiger charge is -1.86. The van der Waals surface area contributed by atoms with Gasteiger partial charge >= 0.3 is 0 Å². The second kappa shape index (κ2) is 11.4. The Kier molecular flexibility index (Phi) is 20.6. The minimum Gasteiger partial charge on any atom is -0.370 e. The smallest absolute Gasteiger partial charge is 0.185 e. The van der Waals surface area contributed by atoms with Gasteiger partial charge in [0.05, 0.1) is 6.54 Å². The zero-order chi connectivity index (χ0) is 5.70. The molecule has 0 fully saturated rings. The molecule has 58 valence electrons. The Balaban J connectivity index is -0.000000180. The van der Waals surface area contributed by atoms with Gasteiger partial charge in [0.2, 0.25) is 0 Å². The van der Waals surface area contributed by atoms with Crippen molar-refractivity contribution in [3.8, 4) is 0 Å². The molecule has 3 nitrogen and oxygen atoms in total. The van der Waals surface area contributed by atoms with Crippen molar-refractivity contribution in [2.75, 3.05) is 12.3 Å². The third-order valence-corrected chi connectivity index (χ3v) is 0.594. The molecule has 6 heteroatoms. The molecule has 0 spiro atoms. The lowest BCUT2D eigenvalue weighted by atomic mass is 10.8. The minimum atomic E-state index is 0. The number of nitrogens with zero attached hydrogens (tertiary/aromatic N) is 1. The van der Waals surface area contributed by atoms with Crippen molar-refractivity contribution >= 4 is 52.6 Å². The molecule has 0 heterocycles. The summed E-state index contributed by atoms with van der Waals surface area (Å²) in [6.45, 7) is 0.603. The van der Waals surface area contributed by atoms with Crippen molar-refractivity contribution in [2.45, 2.75) is 0 Å². The van der Waals surface area contributed by atoms with E-state index in [4.69, 9.17) is 11.5 Å². The van der Waals surface area contributed by atoms with Crippen LogP contribution in [0.3, 0.4) is 0 Å². The van der Waals surface area contributed by atoms with Crippen LogP contribution in [0.15, 0.2) is 4.99 Å². The van der Waals surface area contributed by atoms with E-state index in [1.807, 2.05) is 0 Å². The highest BCUT2D eigenvalue weighted by atomic mass is 79.9. The summed E-state index contributed by atoms with van der Waals surface area (Å²) in [6, 6.07) is 0. The van der Waals surface area contributed by atoms with Gasteiger partial charge in [-0.15, -0.1) is 34.0 Å². The maximum absolute atomic E-state index is 4.97. The third-order valence-electron chi connectivity index (χ3n) is 0.394. The molecule has 0 aromatic heterocycles. The van der Waals surface area contributed by atoms with E-state index < -0.39 is 0 Å². The number of hydrogen-bond acceptors (Lipinski definition) is 2. The molecule has 0 aliphatic heterocycles.